The summed E-state index contributed by atoms with van der Waals surface area (Å²) in [5.41, 5.74) is 4.31. The zero-order valence-corrected chi connectivity index (χ0v) is 14.6. The SMILES string of the molecule is C=CC(=O)NC1CCCN(c2cnc3[nH]cc(-c4ccccc4)c3c2)C1. The average Bonchev–Trinajstić information content (AvgIpc) is 3.12. The number of hydrogen-bond acceptors (Lipinski definition) is 3. The number of aromatic nitrogens is 2. The molecule has 2 N–H and O–H groups in total. The summed E-state index contributed by atoms with van der Waals surface area (Å²) in [6, 6.07) is 12.7. The van der Waals surface area contributed by atoms with Crippen molar-refractivity contribution in [3.05, 3.63) is 61.4 Å². The highest BCUT2D eigenvalue weighted by molar-refractivity contribution is 5.95. The fourth-order valence-corrected chi connectivity index (χ4v) is 3.61. The van der Waals surface area contributed by atoms with Gasteiger partial charge in [-0.2, -0.15) is 0 Å². The Morgan fingerprint density at radius 3 is 3.00 bits per heavy atom. The van der Waals surface area contributed by atoms with Gasteiger partial charge in [0, 0.05) is 36.3 Å². The van der Waals surface area contributed by atoms with E-state index in [2.05, 4.69) is 45.0 Å². The maximum atomic E-state index is 11.6. The number of anilines is 1. The number of fused-ring (bicyclic) bond motifs is 1. The summed E-state index contributed by atoms with van der Waals surface area (Å²) in [5, 5.41) is 4.13. The fraction of sp³-hybridized carbons (Fsp3) is 0.238. The van der Waals surface area contributed by atoms with Crippen molar-refractivity contribution >= 4 is 22.6 Å². The molecule has 0 bridgehead atoms. The molecule has 3 heterocycles. The van der Waals surface area contributed by atoms with Gasteiger partial charge in [-0.3, -0.25) is 4.79 Å². The second-order valence-electron chi connectivity index (χ2n) is 6.66. The molecule has 0 aliphatic carbocycles. The number of pyridine rings is 1. The number of nitrogens with zero attached hydrogens (tertiary/aromatic N) is 2. The number of amides is 1. The van der Waals surface area contributed by atoms with E-state index in [1.54, 1.807) is 0 Å². The second-order valence-corrected chi connectivity index (χ2v) is 6.66. The monoisotopic (exact) mass is 346 g/mol. The maximum Gasteiger partial charge on any atom is 0.243 e. The average molecular weight is 346 g/mol. The molecule has 2 aromatic heterocycles. The Kier molecular flexibility index (Phi) is 4.44. The van der Waals surface area contributed by atoms with E-state index < -0.39 is 0 Å². The molecule has 1 saturated heterocycles. The van der Waals surface area contributed by atoms with Gasteiger partial charge < -0.3 is 15.2 Å². The first kappa shape index (κ1) is 16.4. The second kappa shape index (κ2) is 7.04. The van der Waals surface area contributed by atoms with Crippen LogP contribution in [0.25, 0.3) is 22.2 Å². The highest BCUT2D eigenvalue weighted by Crippen LogP contribution is 2.31. The van der Waals surface area contributed by atoms with Crippen molar-refractivity contribution in [3.8, 4) is 11.1 Å². The number of benzene rings is 1. The number of carbonyl (C=O) groups is 1. The van der Waals surface area contributed by atoms with E-state index in [9.17, 15) is 4.79 Å². The minimum atomic E-state index is -0.109. The van der Waals surface area contributed by atoms with Crippen molar-refractivity contribution in [3.63, 3.8) is 0 Å². The number of H-pyrrole nitrogens is 1. The van der Waals surface area contributed by atoms with Crippen molar-refractivity contribution in [1.29, 1.82) is 0 Å². The molecule has 1 atom stereocenters. The van der Waals surface area contributed by atoms with E-state index in [1.807, 2.05) is 30.6 Å². The number of aromatic amines is 1. The van der Waals surface area contributed by atoms with E-state index in [-0.39, 0.29) is 11.9 Å². The molecule has 26 heavy (non-hydrogen) atoms. The highest BCUT2D eigenvalue weighted by Gasteiger charge is 2.22. The van der Waals surface area contributed by atoms with Crippen LogP contribution in [0.1, 0.15) is 12.8 Å². The standard InChI is InChI=1S/C21H22N4O/c1-2-20(26)24-16-9-6-10-25(14-16)17-11-18-19(13-23-21(18)22-12-17)15-7-4-3-5-8-15/h2-5,7-8,11-13,16H,1,6,9-10,14H2,(H,22,23)(H,24,26). The number of carbonyl (C=O) groups excluding carboxylic acids is 1. The Balaban J connectivity index is 1.62. The summed E-state index contributed by atoms with van der Waals surface area (Å²) >= 11 is 0. The smallest absolute Gasteiger partial charge is 0.243 e. The zero-order valence-electron chi connectivity index (χ0n) is 14.6. The molecule has 0 spiro atoms. The molecule has 0 saturated carbocycles. The van der Waals surface area contributed by atoms with Gasteiger partial charge in [0.2, 0.25) is 5.91 Å². The van der Waals surface area contributed by atoms with Crippen molar-refractivity contribution < 1.29 is 4.79 Å². The minimum Gasteiger partial charge on any atom is -0.368 e. The van der Waals surface area contributed by atoms with Gasteiger partial charge in [0.15, 0.2) is 0 Å². The summed E-state index contributed by atoms with van der Waals surface area (Å²) in [7, 11) is 0. The molecule has 0 radical (unpaired) electrons. The van der Waals surface area contributed by atoms with Gasteiger partial charge in [0.1, 0.15) is 5.65 Å². The van der Waals surface area contributed by atoms with Crippen LogP contribution in [-0.4, -0.2) is 35.0 Å². The Morgan fingerprint density at radius 1 is 1.35 bits per heavy atom. The molecule has 3 aromatic rings. The Bertz CT molecular complexity index is 932. The molecular formula is C21H22N4O. The van der Waals surface area contributed by atoms with Gasteiger partial charge in [-0.1, -0.05) is 36.9 Å². The van der Waals surface area contributed by atoms with Gasteiger partial charge in [-0.25, -0.2) is 4.98 Å². The molecule has 5 nitrogen and oxygen atoms in total. The lowest BCUT2D eigenvalue weighted by Gasteiger charge is -2.34. The first-order chi connectivity index (χ1) is 12.7. The van der Waals surface area contributed by atoms with Crippen LogP contribution < -0.4 is 10.2 Å². The van der Waals surface area contributed by atoms with Crippen molar-refractivity contribution in [2.45, 2.75) is 18.9 Å². The maximum absolute atomic E-state index is 11.6. The quantitative estimate of drug-likeness (QED) is 0.711. The van der Waals surface area contributed by atoms with Crippen LogP contribution in [0.5, 0.6) is 0 Å². The Hall–Kier alpha value is -3.08. The van der Waals surface area contributed by atoms with E-state index >= 15 is 0 Å². The molecule has 1 aliphatic heterocycles. The summed E-state index contributed by atoms with van der Waals surface area (Å²) in [6.45, 7) is 5.29. The topological polar surface area (TPSA) is 61.0 Å². The molecule has 1 amide bonds. The van der Waals surface area contributed by atoms with Gasteiger partial charge >= 0.3 is 0 Å². The lowest BCUT2D eigenvalue weighted by Crippen LogP contribution is -2.47. The number of hydrogen-bond donors (Lipinski definition) is 2. The third kappa shape index (κ3) is 3.20. The number of piperidine rings is 1. The molecular weight excluding hydrogens is 324 g/mol. The van der Waals surface area contributed by atoms with Crippen LogP contribution in [0.4, 0.5) is 5.69 Å². The van der Waals surface area contributed by atoms with Crippen LogP contribution >= 0.6 is 0 Å². The van der Waals surface area contributed by atoms with Gasteiger partial charge in [-0.15, -0.1) is 0 Å². The molecule has 1 fully saturated rings. The van der Waals surface area contributed by atoms with Crippen LogP contribution in [-0.2, 0) is 4.79 Å². The molecule has 4 rings (SSSR count). The fourth-order valence-electron chi connectivity index (χ4n) is 3.61. The zero-order chi connectivity index (χ0) is 17.9. The Morgan fingerprint density at radius 2 is 2.19 bits per heavy atom. The van der Waals surface area contributed by atoms with E-state index in [1.165, 1.54) is 11.6 Å². The van der Waals surface area contributed by atoms with E-state index in [4.69, 9.17) is 0 Å². The summed E-state index contributed by atoms with van der Waals surface area (Å²) in [6.07, 6.45) is 7.29. The number of nitrogens with one attached hydrogen (secondary N) is 2. The highest BCUT2D eigenvalue weighted by atomic mass is 16.1. The third-order valence-corrected chi connectivity index (χ3v) is 4.92. The van der Waals surface area contributed by atoms with Crippen LogP contribution in [0.3, 0.4) is 0 Å². The van der Waals surface area contributed by atoms with Gasteiger partial charge in [0.25, 0.3) is 0 Å². The van der Waals surface area contributed by atoms with E-state index in [0.717, 1.165) is 48.2 Å². The molecule has 5 heteroatoms. The normalized spacial score (nSPS) is 17.2. The minimum absolute atomic E-state index is 0.109. The molecule has 1 aromatic carbocycles. The van der Waals surface area contributed by atoms with Gasteiger partial charge in [-0.05, 0) is 30.5 Å². The summed E-state index contributed by atoms with van der Waals surface area (Å²) < 4.78 is 0. The van der Waals surface area contributed by atoms with Crippen molar-refractivity contribution in [2.75, 3.05) is 18.0 Å². The van der Waals surface area contributed by atoms with Crippen molar-refractivity contribution in [1.82, 2.24) is 15.3 Å². The van der Waals surface area contributed by atoms with E-state index in [0.29, 0.717) is 0 Å². The predicted molar refractivity (Wildman–Crippen MR) is 105 cm³/mol. The molecule has 132 valence electrons. The summed E-state index contributed by atoms with van der Waals surface area (Å²) in [5.74, 6) is -0.109. The first-order valence-corrected chi connectivity index (χ1v) is 8.95. The predicted octanol–water partition coefficient (Wildman–Crippen LogP) is 3.50. The van der Waals surface area contributed by atoms with Gasteiger partial charge in [0.05, 0.1) is 11.9 Å². The van der Waals surface area contributed by atoms with Crippen LogP contribution in [0.15, 0.2) is 61.4 Å². The largest absolute Gasteiger partial charge is 0.368 e. The number of rotatable bonds is 4. The molecule has 1 unspecified atom stereocenters. The lowest BCUT2D eigenvalue weighted by molar-refractivity contribution is -0.117. The third-order valence-electron chi connectivity index (χ3n) is 4.92. The molecule has 1 aliphatic rings. The lowest BCUT2D eigenvalue weighted by atomic mass is 10.0. The van der Waals surface area contributed by atoms with Crippen LogP contribution in [0, 0.1) is 0 Å². The summed E-state index contributed by atoms with van der Waals surface area (Å²) in [4.78, 5) is 21.8. The first-order valence-electron chi connectivity index (χ1n) is 8.95. The van der Waals surface area contributed by atoms with Crippen molar-refractivity contribution in [2.24, 2.45) is 0 Å². The van der Waals surface area contributed by atoms with Crippen LogP contribution in [0.2, 0.25) is 0 Å². The Labute approximate surface area is 152 Å².